The first-order valence-electron chi connectivity index (χ1n) is 6.21. The number of aromatic hydroxyl groups is 1. The van der Waals surface area contributed by atoms with E-state index in [0.717, 1.165) is 16.1 Å². The number of phenols is 1. The summed E-state index contributed by atoms with van der Waals surface area (Å²) in [5.41, 5.74) is 2.22. The smallest absolute Gasteiger partial charge is 0.130 e. The number of hydrogen-bond acceptors (Lipinski definition) is 5. The lowest BCUT2D eigenvalue weighted by Crippen LogP contribution is -2.11. The van der Waals surface area contributed by atoms with Crippen molar-refractivity contribution in [1.29, 1.82) is 0 Å². The molecule has 1 unspecified atom stereocenters. The molecule has 1 atom stereocenters. The van der Waals surface area contributed by atoms with Crippen molar-refractivity contribution in [3.63, 3.8) is 0 Å². The zero-order valence-corrected chi connectivity index (χ0v) is 11.4. The van der Waals surface area contributed by atoms with E-state index in [1.165, 1.54) is 11.5 Å². The van der Waals surface area contributed by atoms with Crippen LogP contribution in [0.5, 0.6) is 5.75 Å². The maximum atomic E-state index is 9.43. The van der Waals surface area contributed by atoms with Crippen molar-refractivity contribution < 1.29 is 5.11 Å². The van der Waals surface area contributed by atoms with Crippen LogP contribution in [0.3, 0.4) is 0 Å². The molecule has 2 N–H and O–H groups in total. The molecule has 0 saturated heterocycles. The highest BCUT2D eigenvalue weighted by Crippen LogP contribution is 2.28. The Bertz CT molecular complexity index is 653. The lowest BCUT2D eigenvalue weighted by molar-refractivity contribution is 0.475. The van der Waals surface area contributed by atoms with Gasteiger partial charge in [0.15, 0.2) is 0 Å². The largest absolute Gasteiger partial charge is 0.508 e. The van der Waals surface area contributed by atoms with E-state index >= 15 is 0 Å². The Kier molecular flexibility index (Phi) is 3.60. The molecule has 5 heteroatoms. The van der Waals surface area contributed by atoms with Crippen LogP contribution in [0.1, 0.15) is 17.2 Å². The van der Waals surface area contributed by atoms with Crippen LogP contribution < -0.4 is 5.32 Å². The molecule has 0 aliphatic rings. The van der Waals surface area contributed by atoms with E-state index in [4.69, 9.17) is 0 Å². The minimum Gasteiger partial charge on any atom is -0.508 e. The van der Waals surface area contributed by atoms with Gasteiger partial charge in [-0.1, -0.05) is 47.0 Å². The molecular weight excluding hydrogens is 270 g/mol. The summed E-state index contributed by atoms with van der Waals surface area (Å²) in [4.78, 5) is 0. The zero-order valence-electron chi connectivity index (χ0n) is 10.6. The summed E-state index contributed by atoms with van der Waals surface area (Å²) < 4.78 is 3.87. The number of nitrogens with one attached hydrogen (secondary N) is 1. The molecule has 0 saturated carbocycles. The summed E-state index contributed by atoms with van der Waals surface area (Å²) in [5.74, 6) is 0.264. The first kappa shape index (κ1) is 12.6. The second kappa shape index (κ2) is 5.71. The summed E-state index contributed by atoms with van der Waals surface area (Å²) in [5, 5.41) is 17.6. The predicted molar refractivity (Wildman–Crippen MR) is 79.9 cm³/mol. The molecule has 0 bridgehead atoms. The van der Waals surface area contributed by atoms with Gasteiger partial charge in [-0.15, -0.1) is 5.10 Å². The number of benzene rings is 2. The summed E-state index contributed by atoms with van der Waals surface area (Å²) in [6, 6.07) is 17.4. The summed E-state index contributed by atoms with van der Waals surface area (Å²) in [6.07, 6.45) is 1.71. The highest BCUT2D eigenvalue weighted by Gasteiger charge is 2.14. The minimum absolute atomic E-state index is 0.000880. The van der Waals surface area contributed by atoms with Crippen molar-refractivity contribution in [2.45, 2.75) is 6.04 Å². The van der Waals surface area contributed by atoms with Gasteiger partial charge in [0.05, 0.1) is 12.2 Å². The van der Waals surface area contributed by atoms with Crippen LogP contribution in [-0.4, -0.2) is 14.7 Å². The molecule has 100 valence electrons. The maximum absolute atomic E-state index is 9.43. The molecule has 0 aliphatic carbocycles. The van der Waals surface area contributed by atoms with Gasteiger partial charge in [-0.05, 0) is 23.3 Å². The number of hydrogen-bond donors (Lipinski definition) is 2. The highest BCUT2D eigenvalue weighted by atomic mass is 32.1. The average Bonchev–Trinajstić information content (AvgIpc) is 3.00. The molecule has 1 aromatic heterocycles. The Morgan fingerprint density at radius 1 is 0.950 bits per heavy atom. The molecule has 0 fully saturated rings. The number of rotatable bonds is 4. The molecule has 3 aromatic rings. The van der Waals surface area contributed by atoms with Gasteiger partial charge < -0.3 is 10.4 Å². The van der Waals surface area contributed by atoms with Crippen molar-refractivity contribution in [3.8, 4) is 5.75 Å². The Morgan fingerprint density at radius 2 is 1.65 bits per heavy atom. The van der Waals surface area contributed by atoms with E-state index in [1.807, 2.05) is 30.3 Å². The standard InChI is InChI=1S/C15H13N3OS/c19-13-8-6-12(7-9-13)15(11-4-2-1-3-5-11)17-14-10-16-18-20-14/h1-10,15,17,19H. The molecule has 0 radical (unpaired) electrons. The van der Waals surface area contributed by atoms with Crippen LogP contribution >= 0.6 is 11.5 Å². The number of phenolic OH excluding ortho intramolecular Hbond substituents is 1. The minimum atomic E-state index is -0.000880. The van der Waals surface area contributed by atoms with Gasteiger partial charge in [-0.3, -0.25) is 0 Å². The second-order valence-electron chi connectivity index (χ2n) is 4.36. The first-order valence-corrected chi connectivity index (χ1v) is 6.98. The van der Waals surface area contributed by atoms with Crippen molar-refractivity contribution in [2.24, 2.45) is 0 Å². The van der Waals surface area contributed by atoms with E-state index in [-0.39, 0.29) is 11.8 Å². The Labute approximate surface area is 120 Å². The van der Waals surface area contributed by atoms with Gasteiger partial charge in [0.1, 0.15) is 10.8 Å². The van der Waals surface area contributed by atoms with Crippen molar-refractivity contribution in [1.82, 2.24) is 9.59 Å². The molecular formula is C15H13N3OS. The van der Waals surface area contributed by atoms with Gasteiger partial charge in [0, 0.05) is 11.5 Å². The molecule has 1 heterocycles. The second-order valence-corrected chi connectivity index (χ2v) is 5.15. The van der Waals surface area contributed by atoms with Crippen molar-refractivity contribution >= 4 is 16.5 Å². The molecule has 0 aliphatic heterocycles. The lowest BCUT2D eigenvalue weighted by Gasteiger charge is -2.19. The first-order chi connectivity index (χ1) is 9.83. The SMILES string of the molecule is Oc1ccc(C(Nc2cnns2)c2ccccc2)cc1. The van der Waals surface area contributed by atoms with E-state index in [9.17, 15) is 5.11 Å². The normalized spacial score (nSPS) is 12.0. The van der Waals surface area contributed by atoms with Crippen LogP contribution in [0.25, 0.3) is 0 Å². The van der Waals surface area contributed by atoms with Crippen LogP contribution in [0, 0.1) is 0 Å². The Hall–Kier alpha value is -2.40. The van der Waals surface area contributed by atoms with Gasteiger partial charge in [0.25, 0.3) is 0 Å². The molecule has 20 heavy (non-hydrogen) atoms. The maximum Gasteiger partial charge on any atom is 0.130 e. The molecule has 4 nitrogen and oxygen atoms in total. The third kappa shape index (κ3) is 2.78. The van der Waals surface area contributed by atoms with Crippen LogP contribution in [0.15, 0.2) is 60.8 Å². The van der Waals surface area contributed by atoms with Gasteiger partial charge in [-0.25, -0.2) is 0 Å². The molecule has 2 aromatic carbocycles. The fourth-order valence-electron chi connectivity index (χ4n) is 2.04. The quantitative estimate of drug-likeness (QED) is 0.770. The molecule has 3 rings (SSSR count). The number of anilines is 1. The van der Waals surface area contributed by atoms with Crippen LogP contribution in [0.4, 0.5) is 5.00 Å². The summed E-state index contributed by atoms with van der Waals surface area (Å²) in [7, 11) is 0. The fraction of sp³-hybridized carbons (Fsp3) is 0.0667. The van der Waals surface area contributed by atoms with Gasteiger partial charge >= 0.3 is 0 Å². The van der Waals surface area contributed by atoms with Crippen LogP contribution in [0.2, 0.25) is 0 Å². The topological polar surface area (TPSA) is 58.0 Å². The predicted octanol–water partition coefficient (Wildman–Crippen LogP) is 3.45. The van der Waals surface area contributed by atoms with Crippen molar-refractivity contribution in [2.75, 3.05) is 5.32 Å². The fourth-order valence-corrected chi connectivity index (χ4v) is 2.49. The average molecular weight is 283 g/mol. The van der Waals surface area contributed by atoms with Gasteiger partial charge in [-0.2, -0.15) is 0 Å². The Balaban J connectivity index is 1.97. The van der Waals surface area contributed by atoms with Gasteiger partial charge in [0.2, 0.25) is 0 Å². The Morgan fingerprint density at radius 3 is 2.30 bits per heavy atom. The van der Waals surface area contributed by atoms with E-state index in [1.54, 1.807) is 18.3 Å². The molecule has 0 spiro atoms. The van der Waals surface area contributed by atoms with E-state index in [2.05, 4.69) is 27.0 Å². The third-order valence-electron chi connectivity index (χ3n) is 3.01. The van der Waals surface area contributed by atoms with Crippen molar-refractivity contribution in [3.05, 3.63) is 71.9 Å². The lowest BCUT2D eigenvalue weighted by atomic mass is 9.99. The summed E-state index contributed by atoms with van der Waals surface area (Å²) in [6.45, 7) is 0. The monoisotopic (exact) mass is 283 g/mol. The van der Waals surface area contributed by atoms with E-state index < -0.39 is 0 Å². The number of aromatic nitrogens is 2. The summed E-state index contributed by atoms with van der Waals surface area (Å²) >= 11 is 1.32. The molecule has 0 amide bonds. The highest BCUT2D eigenvalue weighted by molar-refractivity contribution is 7.09. The zero-order chi connectivity index (χ0) is 13.8. The number of nitrogens with zero attached hydrogens (tertiary/aromatic N) is 2. The van der Waals surface area contributed by atoms with E-state index in [0.29, 0.717) is 0 Å². The third-order valence-corrected chi connectivity index (χ3v) is 3.60. The van der Waals surface area contributed by atoms with Crippen LogP contribution in [-0.2, 0) is 0 Å².